The third-order valence-electron chi connectivity index (χ3n) is 4.03. The van der Waals surface area contributed by atoms with E-state index in [-0.39, 0.29) is 18.3 Å². The molecule has 104 valence electrons. The molecule has 2 fully saturated rings. The first-order valence-corrected chi connectivity index (χ1v) is 7.78. The third-order valence-corrected chi connectivity index (χ3v) is 5.48. The summed E-state index contributed by atoms with van der Waals surface area (Å²) in [6.45, 7) is 1.66. The predicted molar refractivity (Wildman–Crippen MR) is 75.4 cm³/mol. The highest BCUT2D eigenvalue weighted by Crippen LogP contribution is 2.46. The monoisotopic (exact) mass is 280 g/mol. The fourth-order valence-corrected chi connectivity index (χ4v) is 4.46. The van der Waals surface area contributed by atoms with Gasteiger partial charge in [0, 0.05) is 36.2 Å². The lowest BCUT2D eigenvalue weighted by Crippen LogP contribution is -2.43. The second kappa shape index (κ2) is 5.83. The van der Waals surface area contributed by atoms with Gasteiger partial charge in [-0.25, -0.2) is 0 Å². The molecule has 0 radical (unpaired) electrons. The number of hydrogen-bond acceptors (Lipinski definition) is 4. The summed E-state index contributed by atoms with van der Waals surface area (Å²) in [5, 5.41) is 9.81. The summed E-state index contributed by atoms with van der Waals surface area (Å²) >= 11 is 1.88. The van der Waals surface area contributed by atoms with Crippen LogP contribution < -0.4 is 0 Å². The molecule has 2 heterocycles. The molecule has 0 aromatic heterocycles. The Balaban J connectivity index is 1.77. The standard InChI is InChI=1S/C15H20O3S/c16-11-12-10-14(19-13-4-2-1-3-5-13)15(18-12)6-8-17-9-7-15/h1-5,12,14,16H,6-11H2/t12-,14+/m1/s1. The van der Waals surface area contributed by atoms with Gasteiger partial charge >= 0.3 is 0 Å². The van der Waals surface area contributed by atoms with Gasteiger partial charge in [-0.1, -0.05) is 18.2 Å². The first kappa shape index (κ1) is 13.4. The minimum Gasteiger partial charge on any atom is -0.394 e. The summed E-state index contributed by atoms with van der Waals surface area (Å²) in [6, 6.07) is 10.5. The van der Waals surface area contributed by atoms with E-state index in [0.29, 0.717) is 5.25 Å². The van der Waals surface area contributed by atoms with Crippen molar-refractivity contribution < 1.29 is 14.6 Å². The van der Waals surface area contributed by atoms with Crippen molar-refractivity contribution in [2.24, 2.45) is 0 Å². The molecule has 1 aromatic rings. The van der Waals surface area contributed by atoms with Crippen molar-refractivity contribution in [3.8, 4) is 0 Å². The van der Waals surface area contributed by atoms with E-state index in [1.54, 1.807) is 0 Å². The quantitative estimate of drug-likeness (QED) is 0.923. The molecule has 19 heavy (non-hydrogen) atoms. The van der Waals surface area contributed by atoms with Crippen LogP contribution in [0.2, 0.25) is 0 Å². The maximum atomic E-state index is 9.40. The molecule has 2 aliphatic rings. The summed E-state index contributed by atoms with van der Waals surface area (Å²) in [6.07, 6.45) is 2.79. The molecule has 1 spiro atoms. The molecule has 1 aromatic carbocycles. The van der Waals surface area contributed by atoms with Crippen LogP contribution in [0.3, 0.4) is 0 Å². The zero-order chi connectivity index (χ0) is 13.1. The Morgan fingerprint density at radius 3 is 2.63 bits per heavy atom. The Hall–Kier alpha value is -0.550. The fourth-order valence-electron chi connectivity index (χ4n) is 3.00. The average Bonchev–Trinajstić information content (AvgIpc) is 2.79. The number of hydrogen-bond donors (Lipinski definition) is 1. The molecule has 0 saturated carbocycles. The molecule has 2 saturated heterocycles. The van der Waals surface area contributed by atoms with E-state index in [4.69, 9.17) is 9.47 Å². The van der Waals surface area contributed by atoms with E-state index < -0.39 is 0 Å². The Bertz CT molecular complexity index is 403. The summed E-state index contributed by atoms with van der Waals surface area (Å²) in [5.41, 5.74) is -0.105. The Kier molecular flexibility index (Phi) is 4.12. The molecule has 0 unspecified atom stereocenters. The number of rotatable bonds is 3. The van der Waals surface area contributed by atoms with Gasteiger partial charge in [-0.3, -0.25) is 0 Å². The number of aliphatic hydroxyl groups is 1. The summed E-state index contributed by atoms with van der Waals surface area (Å²) in [5.74, 6) is 0. The van der Waals surface area contributed by atoms with E-state index in [1.807, 2.05) is 17.8 Å². The van der Waals surface area contributed by atoms with Crippen molar-refractivity contribution in [1.82, 2.24) is 0 Å². The van der Waals surface area contributed by atoms with Gasteiger partial charge in [0.2, 0.25) is 0 Å². The molecule has 2 aliphatic heterocycles. The molecule has 0 bridgehead atoms. The fraction of sp³-hybridized carbons (Fsp3) is 0.600. The van der Waals surface area contributed by atoms with Crippen LogP contribution in [-0.4, -0.2) is 41.9 Å². The lowest BCUT2D eigenvalue weighted by atomic mass is 9.90. The minimum absolute atomic E-state index is 0.0145. The van der Waals surface area contributed by atoms with Gasteiger partial charge in [-0.05, 0) is 18.6 Å². The van der Waals surface area contributed by atoms with Gasteiger partial charge in [0.1, 0.15) is 0 Å². The van der Waals surface area contributed by atoms with Crippen LogP contribution in [0.1, 0.15) is 19.3 Å². The Morgan fingerprint density at radius 1 is 1.21 bits per heavy atom. The van der Waals surface area contributed by atoms with Crippen molar-refractivity contribution in [3.63, 3.8) is 0 Å². The SMILES string of the molecule is OC[C@H]1C[C@H](Sc2ccccc2)C2(CCOCC2)O1. The van der Waals surface area contributed by atoms with Crippen LogP contribution in [-0.2, 0) is 9.47 Å². The van der Waals surface area contributed by atoms with Crippen molar-refractivity contribution in [2.75, 3.05) is 19.8 Å². The van der Waals surface area contributed by atoms with Gasteiger partial charge in [0.25, 0.3) is 0 Å². The smallest absolute Gasteiger partial charge is 0.0853 e. The molecule has 0 amide bonds. The minimum atomic E-state index is -0.105. The molecular weight excluding hydrogens is 260 g/mol. The Morgan fingerprint density at radius 2 is 1.95 bits per heavy atom. The van der Waals surface area contributed by atoms with Gasteiger partial charge in [0.15, 0.2) is 0 Å². The van der Waals surface area contributed by atoms with Gasteiger partial charge in [0.05, 0.1) is 18.3 Å². The highest BCUT2D eigenvalue weighted by Gasteiger charge is 2.49. The van der Waals surface area contributed by atoms with Gasteiger partial charge in [-0.2, -0.15) is 0 Å². The molecule has 0 aliphatic carbocycles. The number of thioether (sulfide) groups is 1. The van der Waals surface area contributed by atoms with Crippen molar-refractivity contribution >= 4 is 11.8 Å². The normalized spacial score (nSPS) is 29.7. The predicted octanol–water partition coefficient (Wildman–Crippen LogP) is 2.48. The number of ether oxygens (including phenoxy) is 2. The van der Waals surface area contributed by atoms with E-state index in [9.17, 15) is 5.11 Å². The molecule has 3 nitrogen and oxygen atoms in total. The topological polar surface area (TPSA) is 38.7 Å². The highest BCUT2D eigenvalue weighted by atomic mass is 32.2. The van der Waals surface area contributed by atoms with E-state index >= 15 is 0 Å². The second-order valence-electron chi connectivity index (χ2n) is 5.25. The van der Waals surface area contributed by atoms with Gasteiger partial charge in [-0.15, -0.1) is 11.8 Å². The van der Waals surface area contributed by atoms with Crippen LogP contribution >= 0.6 is 11.8 Å². The molecule has 3 rings (SSSR count). The zero-order valence-corrected chi connectivity index (χ0v) is 11.8. The number of benzene rings is 1. The van der Waals surface area contributed by atoms with E-state index in [1.165, 1.54) is 4.90 Å². The van der Waals surface area contributed by atoms with Crippen LogP contribution in [0.25, 0.3) is 0 Å². The van der Waals surface area contributed by atoms with Crippen LogP contribution in [0, 0.1) is 0 Å². The van der Waals surface area contributed by atoms with Crippen molar-refractivity contribution in [1.29, 1.82) is 0 Å². The van der Waals surface area contributed by atoms with Crippen molar-refractivity contribution in [2.45, 2.75) is 41.1 Å². The first-order chi connectivity index (χ1) is 9.32. The summed E-state index contributed by atoms with van der Waals surface area (Å²) in [7, 11) is 0. The lowest BCUT2D eigenvalue weighted by Gasteiger charge is -2.37. The summed E-state index contributed by atoms with van der Waals surface area (Å²) < 4.78 is 11.6. The molecule has 4 heteroatoms. The first-order valence-electron chi connectivity index (χ1n) is 6.90. The lowest BCUT2D eigenvalue weighted by molar-refractivity contribution is -0.110. The summed E-state index contributed by atoms with van der Waals surface area (Å²) in [4.78, 5) is 1.28. The van der Waals surface area contributed by atoms with Crippen molar-refractivity contribution in [3.05, 3.63) is 30.3 Å². The molecule has 2 atom stereocenters. The third kappa shape index (κ3) is 2.82. The van der Waals surface area contributed by atoms with E-state index in [0.717, 1.165) is 32.5 Å². The molecule has 1 N–H and O–H groups in total. The maximum absolute atomic E-state index is 9.40. The largest absolute Gasteiger partial charge is 0.394 e. The Labute approximate surface area is 118 Å². The van der Waals surface area contributed by atoms with E-state index in [2.05, 4.69) is 24.3 Å². The zero-order valence-electron chi connectivity index (χ0n) is 11.0. The van der Waals surface area contributed by atoms with Crippen LogP contribution in [0.4, 0.5) is 0 Å². The number of aliphatic hydroxyl groups excluding tert-OH is 1. The van der Waals surface area contributed by atoms with Crippen LogP contribution in [0.5, 0.6) is 0 Å². The second-order valence-corrected chi connectivity index (χ2v) is 6.53. The molecular formula is C15H20O3S. The average molecular weight is 280 g/mol. The van der Waals surface area contributed by atoms with Gasteiger partial charge < -0.3 is 14.6 Å². The van der Waals surface area contributed by atoms with Crippen LogP contribution in [0.15, 0.2) is 35.2 Å². The maximum Gasteiger partial charge on any atom is 0.0853 e. The highest BCUT2D eigenvalue weighted by molar-refractivity contribution is 8.00.